The molecule has 11 heteroatoms. The minimum absolute atomic E-state index is 0.0131. The summed E-state index contributed by atoms with van der Waals surface area (Å²) in [6.45, 7) is 1.85. The van der Waals surface area contributed by atoms with Crippen molar-refractivity contribution in [3.05, 3.63) is 35.9 Å². The molecule has 1 rings (SSSR count). The highest BCUT2D eigenvalue weighted by atomic mass is 32.1. The summed E-state index contributed by atoms with van der Waals surface area (Å²) >= 11 is 4.10. The second-order valence-electron chi connectivity index (χ2n) is 7.45. The molecule has 0 heterocycles. The first-order valence-electron chi connectivity index (χ1n) is 10.4. The Labute approximate surface area is 193 Å². The number of benzene rings is 1. The van der Waals surface area contributed by atoms with E-state index in [1.54, 1.807) is 0 Å². The lowest BCUT2D eigenvalue weighted by atomic mass is 10.1. The Balaban J connectivity index is 2.59. The highest BCUT2D eigenvalue weighted by molar-refractivity contribution is 7.80. The fourth-order valence-electron chi connectivity index (χ4n) is 2.86. The summed E-state index contributed by atoms with van der Waals surface area (Å²) in [4.78, 5) is 48.6. The zero-order chi connectivity index (χ0) is 24.1. The van der Waals surface area contributed by atoms with Gasteiger partial charge in [0.25, 0.3) is 0 Å². The summed E-state index contributed by atoms with van der Waals surface area (Å²) in [6.07, 6.45) is 1.72. The van der Waals surface area contributed by atoms with Crippen LogP contribution >= 0.6 is 12.6 Å². The van der Waals surface area contributed by atoms with Crippen LogP contribution in [-0.2, 0) is 25.6 Å². The number of thiol groups is 1. The molecule has 1 aromatic rings. The largest absolute Gasteiger partial charge is 0.480 e. The number of hydrogen-bond donors (Lipinski definition) is 7. The summed E-state index contributed by atoms with van der Waals surface area (Å²) in [6, 6.07) is 5.24. The van der Waals surface area contributed by atoms with E-state index in [-0.39, 0.29) is 12.2 Å². The van der Waals surface area contributed by atoms with E-state index in [1.165, 1.54) is 6.92 Å². The average molecular weight is 468 g/mol. The Kier molecular flexibility index (Phi) is 12.4. The molecular formula is C21H33N5O5S. The molecule has 0 fully saturated rings. The lowest BCUT2D eigenvalue weighted by Crippen LogP contribution is -2.57. The Bertz CT molecular complexity index is 764. The highest BCUT2D eigenvalue weighted by Crippen LogP contribution is 2.04. The van der Waals surface area contributed by atoms with Gasteiger partial charge in [0, 0.05) is 5.75 Å². The zero-order valence-corrected chi connectivity index (χ0v) is 19.0. The van der Waals surface area contributed by atoms with Gasteiger partial charge in [0.05, 0.1) is 6.04 Å². The molecule has 0 aromatic heterocycles. The summed E-state index contributed by atoms with van der Waals surface area (Å²) in [7, 11) is 0. The predicted molar refractivity (Wildman–Crippen MR) is 124 cm³/mol. The van der Waals surface area contributed by atoms with Gasteiger partial charge in [-0.2, -0.15) is 12.6 Å². The quantitative estimate of drug-likeness (QED) is 0.138. The monoisotopic (exact) mass is 467 g/mol. The molecule has 0 saturated carbocycles. The van der Waals surface area contributed by atoms with E-state index in [0.29, 0.717) is 25.8 Å². The second kappa shape index (κ2) is 14.4. The molecule has 0 aliphatic carbocycles. The van der Waals surface area contributed by atoms with Crippen molar-refractivity contribution in [3.63, 3.8) is 0 Å². The molecule has 0 saturated heterocycles. The SMILES string of the molecule is CC(NC(=O)C(CS)NC(=O)C(N)Cc1ccccc1)C(=O)NC(CCCCN)C(=O)O. The molecule has 0 aliphatic rings. The van der Waals surface area contributed by atoms with Crippen molar-refractivity contribution in [2.24, 2.45) is 11.5 Å². The number of nitrogens with one attached hydrogen (secondary N) is 3. The molecule has 4 atom stereocenters. The van der Waals surface area contributed by atoms with Crippen LogP contribution in [0, 0.1) is 0 Å². The number of carboxylic acids is 1. The number of carbonyl (C=O) groups is 4. The molecule has 0 spiro atoms. The van der Waals surface area contributed by atoms with Crippen molar-refractivity contribution >= 4 is 36.3 Å². The van der Waals surface area contributed by atoms with Crippen LogP contribution in [0.3, 0.4) is 0 Å². The summed E-state index contributed by atoms with van der Waals surface area (Å²) in [5, 5.41) is 16.7. The van der Waals surface area contributed by atoms with Crippen molar-refractivity contribution in [2.75, 3.05) is 12.3 Å². The number of aliphatic carboxylic acids is 1. The summed E-state index contributed by atoms with van der Waals surface area (Å²) in [5.41, 5.74) is 12.2. The van der Waals surface area contributed by atoms with Gasteiger partial charge in [-0.3, -0.25) is 14.4 Å². The summed E-state index contributed by atoms with van der Waals surface area (Å²) < 4.78 is 0. The van der Waals surface area contributed by atoms with Crippen molar-refractivity contribution in [2.45, 2.75) is 56.8 Å². The number of carbonyl (C=O) groups excluding carboxylic acids is 3. The maximum absolute atomic E-state index is 12.5. The molecule has 32 heavy (non-hydrogen) atoms. The van der Waals surface area contributed by atoms with E-state index in [9.17, 15) is 24.3 Å². The van der Waals surface area contributed by atoms with Gasteiger partial charge in [0.2, 0.25) is 17.7 Å². The standard InChI is InChI=1S/C21H33N5O5S/c1-13(18(27)25-16(21(30)31)9-5-6-10-22)24-20(29)17(12-32)26-19(28)15(23)11-14-7-3-2-4-8-14/h2-4,7-8,13,15-17,32H,5-6,9-12,22-23H2,1H3,(H,24,29)(H,25,27)(H,26,28)(H,30,31). The van der Waals surface area contributed by atoms with Crippen LogP contribution in [0.5, 0.6) is 0 Å². The van der Waals surface area contributed by atoms with Gasteiger partial charge in [0.15, 0.2) is 0 Å². The van der Waals surface area contributed by atoms with E-state index in [0.717, 1.165) is 5.56 Å². The topological polar surface area (TPSA) is 177 Å². The van der Waals surface area contributed by atoms with Gasteiger partial charge in [0.1, 0.15) is 18.1 Å². The van der Waals surface area contributed by atoms with Crippen molar-refractivity contribution in [3.8, 4) is 0 Å². The van der Waals surface area contributed by atoms with Gasteiger partial charge in [-0.05, 0) is 44.7 Å². The Morgan fingerprint density at radius 1 is 0.969 bits per heavy atom. The van der Waals surface area contributed by atoms with E-state index in [4.69, 9.17) is 11.5 Å². The average Bonchev–Trinajstić information content (AvgIpc) is 2.76. The minimum Gasteiger partial charge on any atom is -0.480 e. The molecule has 3 amide bonds. The van der Waals surface area contributed by atoms with E-state index < -0.39 is 47.9 Å². The number of amides is 3. The van der Waals surface area contributed by atoms with Crippen LogP contribution < -0.4 is 27.4 Å². The molecule has 4 unspecified atom stereocenters. The number of unbranched alkanes of at least 4 members (excludes halogenated alkanes) is 1. The molecule has 8 N–H and O–H groups in total. The Morgan fingerprint density at radius 2 is 1.59 bits per heavy atom. The minimum atomic E-state index is -1.17. The molecule has 10 nitrogen and oxygen atoms in total. The van der Waals surface area contributed by atoms with Gasteiger partial charge in [-0.25, -0.2) is 4.79 Å². The third kappa shape index (κ3) is 9.67. The number of nitrogens with two attached hydrogens (primary N) is 2. The molecule has 178 valence electrons. The third-order valence-corrected chi connectivity index (χ3v) is 5.13. The van der Waals surface area contributed by atoms with Crippen LogP contribution in [-0.4, -0.2) is 65.3 Å². The maximum atomic E-state index is 12.5. The number of hydrogen-bond acceptors (Lipinski definition) is 7. The van der Waals surface area contributed by atoms with Gasteiger partial charge >= 0.3 is 5.97 Å². The van der Waals surface area contributed by atoms with Gasteiger partial charge < -0.3 is 32.5 Å². The predicted octanol–water partition coefficient (Wildman–Crippen LogP) is -0.826. The number of carboxylic acid groups (broad SMARTS) is 1. The van der Waals surface area contributed by atoms with Crippen LogP contribution in [0.1, 0.15) is 31.7 Å². The fourth-order valence-corrected chi connectivity index (χ4v) is 3.12. The summed E-state index contributed by atoms with van der Waals surface area (Å²) in [5.74, 6) is -2.98. The molecule has 0 aliphatic heterocycles. The van der Waals surface area contributed by atoms with Gasteiger partial charge in [-0.15, -0.1) is 0 Å². The lowest BCUT2D eigenvalue weighted by Gasteiger charge is -2.22. The van der Waals surface area contributed by atoms with E-state index in [1.807, 2.05) is 30.3 Å². The maximum Gasteiger partial charge on any atom is 0.326 e. The molecule has 1 aromatic carbocycles. The van der Waals surface area contributed by atoms with Crippen molar-refractivity contribution in [1.82, 2.24) is 16.0 Å². The van der Waals surface area contributed by atoms with E-state index >= 15 is 0 Å². The molecule has 0 radical (unpaired) electrons. The van der Waals surface area contributed by atoms with Crippen LogP contribution in [0.15, 0.2) is 30.3 Å². The van der Waals surface area contributed by atoms with Gasteiger partial charge in [-0.1, -0.05) is 30.3 Å². The van der Waals surface area contributed by atoms with Crippen LogP contribution in [0.25, 0.3) is 0 Å². The fraction of sp³-hybridized carbons (Fsp3) is 0.524. The first kappa shape index (κ1) is 27.4. The second-order valence-corrected chi connectivity index (χ2v) is 7.82. The van der Waals surface area contributed by atoms with E-state index in [2.05, 4.69) is 28.6 Å². The number of rotatable bonds is 14. The zero-order valence-electron chi connectivity index (χ0n) is 18.1. The smallest absolute Gasteiger partial charge is 0.326 e. The Hall–Kier alpha value is -2.63. The van der Waals surface area contributed by atoms with Crippen LogP contribution in [0.2, 0.25) is 0 Å². The van der Waals surface area contributed by atoms with Crippen molar-refractivity contribution < 1.29 is 24.3 Å². The van der Waals surface area contributed by atoms with Crippen LogP contribution in [0.4, 0.5) is 0 Å². The highest BCUT2D eigenvalue weighted by Gasteiger charge is 2.27. The first-order valence-corrected chi connectivity index (χ1v) is 11.1. The molecule has 0 bridgehead atoms. The lowest BCUT2D eigenvalue weighted by molar-refractivity contribution is -0.142. The normalized spacial score (nSPS) is 14.5. The first-order chi connectivity index (χ1) is 15.2. The third-order valence-electron chi connectivity index (χ3n) is 4.76. The van der Waals surface area contributed by atoms with Crippen molar-refractivity contribution in [1.29, 1.82) is 0 Å². The Morgan fingerprint density at radius 3 is 2.16 bits per heavy atom. The molecular weight excluding hydrogens is 434 g/mol.